The number of Topliss-reactive ketones (excluding diaryl/α,β-unsaturated/α-hetero) is 1. The van der Waals surface area contributed by atoms with Gasteiger partial charge in [-0.3, -0.25) is 9.59 Å². The molecule has 0 aromatic rings. The van der Waals surface area contributed by atoms with Crippen LogP contribution in [0.4, 0.5) is 0 Å². The van der Waals surface area contributed by atoms with Crippen LogP contribution in [0.15, 0.2) is 49.1 Å². The van der Waals surface area contributed by atoms with Crippen LogP contribution in [0.25, 0.3) is 0 Å². The maximum atomic E-state index is 11.0. The number of rotatable bonds is 2. The van der Waals surface area contributed by atoms with Gasteiger partial charge in [-0.05, 0) is 51.0 Å². The van der Waals surface area contributed by atoms with Crippen molar-refractivity contribution in [2.45, 2.75) is 33.1 Å². The third-order valence-electron chi connectivity index (χ3n) is 3.74. The quantitative estimate of drug-likeness (QED) is 0.561. The first-order valence-electron chi connectivity index (χ1n) is 7.18. The molecule has 0 aromatic heterocycles. The zero-order valence-corrected chi connectivity index (χ0v) is 12.4. The SMILES string of the molecule is C1=CCC=C1.C=CC(C)=O.CC(=O)C1CC2C=CC1C2. The van der Waals surface area contributed by atoms with Gasteiger partial charge in [0.05, 0.1) is 0 Å². The van der Waals surface area contributed by atoms with Crippen LogP contribution in [0.5, 0.6) is 0 Å². The zero-order valence-electron chi connectivity index (χ0n) is 12.4. The summed E-state index contributed by atoms with van der Waals surface area (Å²) in [6.07, 6.45) is 17.6. The molecule has 0 saturated heterocycles. The minimum atomic E-state index is 0.0185. The summed E-state index contributed by atoms with van der Waals surface area (Å²) in [5.41, 5.74) is 0. The lowest BCUT2D eigenvalue weighted by molar-refractivity contribution is -0.121. The minimum Gasteiger partial charge on any atom is -0.300 e. The van der Waals surface area contributed by atoms with E-state index in [1.165, 1.54) is 19.4 Å². The number of ketones is 2. The zero-order chi connectivity index (χ0) is 15.0. The fourth-order valence-electron chi connectivity index (χ4n) is 2.64. The normalized spacial score (nSPS) is 27.4. The van der Waals surface area contributed by atoms with Crippen molar-refractivity contribution < 1.29 is 9.59 Å². The number of allylic oxidation sites excluding steroid dienone is 7. The Kier molecular flexibility index (Phi) is 6.92. The van der Waals surface area contributed by atoms with Gasteiger partial charge in [0.15, 0.2) is 5.78 Å². The van der Waals surface area contributed by atoms with E-state index < -0.39 is 0 Å². The first kappa shape index (κ1) is 16.4. The molecule has 2 bridgehead atoms. The maximum Gasteiger partial charge on any atom is 0.152 e. The lowest BCUT2D eigenvalue weighted by Gasteiger charge is -2.13. The number of hydrogen-bond acceptors (Lipinski definition) is 2. The third-order valence-corrected chi connectivity index (χ3v) is 3.74. The predicted octanol–water partition coefficient (Wildman–Crippen LogP) is 4.05. The van der Waals surface area contributed by atoms with Crippen LogP contribution in [-0.4, -0.2) is 11.6 Å². The van der Waals surface area contributed by atoms with Gasteiger partial charge in [0.2, 0.25) is 0 Å². The molecule has 0 amide bonds. The number of carbonyl (C=O) groups is 2. The van der Waals surface area contributed by atoms with E-state index in [4.69, 9.17) is 0 Å². The number of carbonyl (C=O) groups excluding carboxylic acids is 2. The molecule has 3 atom stereocenters. The highest BCUT2D eigenvalue weighted by Gasteiger charge is 2.37. The van der Waals surface area contributed by atoms with Crippen LogP contribution < -0.4 is 0 Å². The largest absolute Gasteiger partial charge is 0.300 e. The Morgan fingerprint density at radius 1 is 1.10 bits per heavy atom. The first-order valence-corrected chi connectivity index (χ1v) is 7.18. The molecule has 0 N–H and O–H groups in total. The summed E-state index contributed by atoms with van der Waals surface area (Å²) in [5, 5.41) is 0. The molecular formula is C18H24O2. The van der Waals surface area contributed by atoms with Gasteiger partial charge in [-0.2, -0.15) is 0 Å². The van der Waals surface area contributed by atoms with E-state index in [1.54, 1.807) is 6.92 Å². The molecule has 0 aromatic carbocycles. The van der Waals surface area contributed by atoms with Gasteiger partial charge in [-0.25, -0.2) is 0 Å². The lowest BCUT2D eigenvalue weighted by atomic mass is 9.90. The lowest BCUT2D eigenvalue weighted by Crippen LogP contribution is -2.15. The highest BCUT2D eigenvalue weighted by Crippen LogP contribution is 2.43. The van der Waals surface area contributed by atoms with E-state index >= 15 is 0 Å². The van der Waals surface area contributed by atoms with Crippen molar-refractivity contribution in [3.8, 4) is 0 Å². The second-order valence-electron chi connectivity index (χ2n) is 5.40. The summed E-state index contributed by atoms with van der Waals surface area (Å²) in [5.74, 6) is 2.11. The Labute approximate surface area is 122 Å². The van der Waals surface area contributed by atoms with Crippen molar-refractivity contribution in [3.05, 3.63) is 49.1 Å². The molecule has 1 saturated carbocycles. The molecule has 2 nitrogen and oxygen atoms in total. The molecule has 108 valence electrons. The van der Waals surface area contributed by atoms with Crippen LogP contribution >= 0.6 is 0 Å². The monoisotopic (exact) mass is 272 g/mol. The fourth-order valence-corrected chi connectivity index (χ4v) is 2.64. The first-order chi connectivity index (χ1) is 9.54. The average Bonchev–Trinajstić information content (AvgIpc) is 3.17. The summed E-state index contributed by atoms with van der Waals surface area (Å²) in [7, 11) is 0. The van der Waals surface area contributed by atoms with Crippen molar-refractivity contribution >= 4 is 11.6 Å². The van der Waals surface area contributed by atoms with Gasteiger partial charge in [0, 0.05) is 5.92 Å². The summed E-state index contributed by atoms with van der Waals surface area (Å²) in [6.45, 7) is 6.40. The van der Waals surface area contributed by atoms with Gasteiger partial charge in [0.1, 0.15) is 5.78 Å². The van der Waals surface area contributed by atoms with Gasteiger partial charge in [-0.1, -0.05) is 43.0 Å². The minimum absolute atomic E-state index is 0.0185. The van der Waals surface area contributed by atoms with E-state index in [0.717, 1.165) is 18.8 Å². The van der Waals surface area contributed by atoms with Crippen LogP contribution in [0, 0.1) is 17.8 Å². The van der Waals surface area contributed by atoms with Crippen LogP contribution in [-0.2, 0) is 9.59 Å². The van der Waals surface area contributed by atoms with E-state index in [-0.39, 0.29) is 5.78 Å². The summed E-state index contributed by atoms with van der Waals surface area (Å²) in [6, 6.07) is 0. The van der Waals surface area contributed by atoms with Gasteiger partial charge in [0.25, 0.3) is 0 Å². The van der Waals surface area contributed by atoms with Crippen molar-refractivity contribution in [3.63, 3.8) is 0 Å². The molecule has 0 radical (unpaired) electrons. The molecule has 3 aliphatic carbocycles. The van der Waals surface area contributed by atoms with Crippen LogP contribution in [0.1, 0.15) is 33.1 Å². The topological polar surface area (TPSA) is 34.1 Å². The van der Waals surface area contributed by atoms with Crippen molar-refractivity contribution in [1.29, 1.82) is 0 Å². The highest BCUT2D eigenvalue weighted by atomic mass is 16.1. The highest BCUT2D eigenvalue weighted by molar-refractivity contribution is 5.86. The molecule has 0 heterocycles. The van der Waals surface area contributed by atoms with Crippen molar-refractivity contribution in [2.24, 2.45) is 17.8 Å². The molecule has 0 aliphatic heterocycles. The number of hydrogen-bond donors (Lipinski definition) is 0. The molecule has 2 heteroatoms. The van der Waals surface area contributed by atoms with E-state index in [9.17, 15) is 9.59 Å². The fraction of sp³-hybridized carbons (Fsp3) is 0.444. The van der Waals surface area contributed by atoms with Crippen molar-refractivity contribution in [2.75, 3.05) is 0 Å². The Hall–Kier alpha value is -1.70. The Morgan fingerprint density at radius 3 is 1.90 bits per heavy atom. The Morgan fingerprint density at radius 2 is 1.70 bits per heavy atom. The molecule has 20 heavy (non-hydrogen) atoms. The average molecular weight is 272 g/mol. The molecule has 3 aliphatic rings. The maximum absolute atomic E-state index is 11.0. The van der Waals surface area contributed by atoms with Crippen LogP contribution in [0.3, 0.4) is 0 Å². The van der Waals surface area contributed by atoms with Gasteiger partial charge in [-0.15, -0.1) is 0 Å². The van der Waals surface area contributed by atoms with Gasteiger partial charge < -0.3 is 0 Å². The summed E-state index contributed by atoms with van der Waals surface area (Å²) >= 11 is 0. The van der Waals surface area contributed by atoms with E-state index in [2.05, 4.69) is 43.0 Å². The Bertz CT molecular complexity index is 430. The van der Waals surface area contributed by atoms with E-state index in [1.807, 2.05) is 0 Å². The Balaban J connectivity index is 0.000000170. The second-order valence-corrected chi connectivity index (χ2v) is 5.40. The molecular weight excluding hydrogens is 248 g/mol. The molecule has 0 spiro atoms. The number of fused-ring (bicyclic) bond motifs is 2. The molecule has 3 unspecified atom stereocenters. The van der Waals surface area contributed by atoms with Crippen LogP contribution in [0.2, 0.25) is 0 Å². The van der Waals surface area contributed by atoms with Gasteiger partial charge >= 0.3 is 0 Å². The molecule has 1 fully saturated rings. The predicted molar refractivity (Wildman–Crippen MR) is 83.3 cm³/mol. The standard InChI is InChI=1S/C9H12O.C5H6.C4H6O/c1-6(10)9-5-7-2-3-8(9)4-7;1-2-4-5-3-1;1-3-4(2)5/h2-3,7-9H,4-5H2,1H3;1-4H,5H2;3H,1H2,2H3. The van der Waals surface area contributed by atoms with Crippen molar-refractivity contribution in [1.82, 2.24) is 0 Å². The second kappa shape index (κ2) is 8.47. The van der Waals surface area contributed by atoms with E-state index in [0.29, 0.717) is 17.6 Å². The third kappa shape index (κ3) is 5.52. The summed E-state index contributed by atoms with van der Waals surface area (Å²) < 4.78 is 0. The smallest absolute Gasteiger partial charge is 0.152 e. The summed E-state index contributed by atoms with van der Waals surface area (Å²) in [4.78, 5) is 20.7. The molecule has 3 rings (SSSR count).